The molecule has 0 atom stereocenters. The van der Waals surface area contributed by atoms with E-state index in [0.29, 0.717) is 13.0 Å². The lowest BCUT2D eigenvalue weighted by molar-refractivity contribution is 0.0983. The van der Waals surface area contributed by atoms with Gasteiger partial charge in [0.1, 0.15) is 5.82 Å². The first-order valence-corrected chi connectivity index (χ1v) is 8.12. The summed E-state index contributed by atoms with van der Waals surface area (Å²) in [5, 5.41) is 0.767. The number of hydrogen-bond acceptors (Lipinski definition) is 1. The van der Waals surface area contributed by atoms with Crippen molar-refractivity contribution in [2.75, 3.05) is 0 Å². The van der Waals surface area contributed by atoms with Crippen LogP contribution in [0.25, 0.3) is 10.9 Å². The third-order valence-electron chi connectivity index (χ3n) is 4.66. The van der Waals surface area contributed by atoms with Crippen molar-refractivity contribution in [1.29, 1.82) is 0 Å². The average Bonchev–Trinajstić information content (AvgIpc) is 2.71. The lowest BCUT2D eigenvalue weighted by Crippen LogP contribution is -2.06. The van der Waals surface area contributed by atoms with Crippen LogP contribution in [0.3, 0.4) is 0 Å². The van der Waals surface area contributed by atoms with Crippen molar-refractivity contribution in [3.63, 3.8) is 0 Å². The lowest BCUT2D eigenvalue weighted by atomic mass is 10.1. The third kappa shape index (κ3) is 2.46. The van der Waals surface area contributed by atoms with Crippen molar-refractivity contribution in [3.05, 3.63) is 71.2 Å². The van der Waals surface area contributed by atoms with Crippen molar-refractivity contribution in [1.82, 2.24) is 4.57 Å². The summed E-state index contributed by atoms with van der Waals surface area (Å²) >= 11 is 0. The van der Waals surface area contributed by atoms with Gasteiger partial charge in [-0.1, -0.05) is 30.3 Å². The molecule has 0 N–H and O–H groups in total. The molecule has 0 radical (unpaired) electrons. The Kier molecular flexibility index (Phi) is 3.49. The Morgan fingerprint density at radius 2 is 1.78 bits per heavy atom. The molecular formula is C20H18FNO. The molecule has 0 aliphatic heterocycles. The van der Waals surface area contributed by atoms with Crippen LogP contribution in [-0.4, -0.2) is 10.4 Å². The van der Waals surface area contributed by atoms with Gasteiger partial charge in [0.25, 0.3) is 0 Å². The summed E-state index contributed by atoms with van der Waals surface area (Å²) in [4.78, 5) is 12.6. The van der Waals surface area contributed by atoms with E-state index in [-0.39, 0.29) is 11.6 Å². The highest BCUT2D eigenvalue weighted by Crippen LogP contribution is 2.32. The summed E-state index contributed by atoms with van der Waals surface area (Å²) in [5.41, 5.74) is 3.95. The molecule has 0 amide bonds. The van der Waals surface area contributed by atoms with E-state index in [1.807, 2.05) is 18.2 Å². The highest BCUT2D eigenvalue weighted by Gasteiger charge is 2.24. The molecule has 0 fully saturated rings. The van der Waals surface area contributed by atoms with E-state index in [2.05, 4.69) is 16.7 Å². The van der Waals surface area contributed by atoms with E-state index in [1.54, 1.807) is 6.07 Å². The normalized spacial score (nSPS) is 14.7. The largest absolute Gasteiger partial charge is 0.339 e. The SMILES string of the molecule is O=C1CCCCc2c1c1cc(F)ccc1n2Cc1ccccc1. The number of rotatable bonds is 2. The number of benzene rings is 2. The molecular weight excluding hydrogens is 289 g/mol. The third-order valence-corrected chi connectivity index (χ3v) is 4.66. The molecule has 2 nitrogen and oxygen atoms in total. The molecule has 4 rings (SSSR count). The van der Waals surface area contributed by atoms with E-state index in [0.717, 1.165) is 41.4 Å². The zero-order chi connectivity index (χ0) is 15.8. The first-order valence-electron chi connectivity index (χ1n) is 8.12. The number of hydrogen-bond donors (Lipinski definition) is 0. The molecule has 3 heteroatoms. The van der Waals surface area contributed by atoms with E-state index < -0.39 is 0 Å². The average molecular weight is 307 g/mol. The van der Waals surface area contributed by atoms with Crippen molar-refractivity contribution < 1.29 is 9.18 Å². The fourth-order valence-electron chi connectivity index (χ4n) is 3.60. The Hall–Kier alpha value is -2.42. The van der Waals surface area contributed by atoms with Gasteiger partial charge in [-0.05, 0) is 43.0 Å². The summed E-state index contributed by atoms with van der Waals surface area (Å²) in [7, 11) is 0. The number of nitrogens with zero attached hydrogens (tertiary/aromatic N) is 1. The van der Waals surface area contributed by atoms with Gasteiger partial charge in [0, 0.05) is 35.1 Å². The van der Waals surface area contributed by atoms with E-state index in [4.69, 9.17) is 0 Å². The fourth-order valence-corrected chi connectivity index (χ4v) is 3.60. The number of carbonyl (C=O) groups excluding carboxylic acids is 1. The lowest BCUT2D eigenvalue weighted by Gasteiger charge is -2.11. The summed E-state index contributed by atoms with van der Waals surface area (Å²) in [6.07, 6.45) is 3.36. The summed E-state index contributed by atoms with van der Waals surface area (Å²) in [5.74, 6) is -0.130. The van der Waals surface area contributed by atoms with Gasteiger partial charge in [0.15, 0.2) is 5.78 Å². The topological polar surface area (TPSA) is 22.0 Å². The highest BCUT2D eigenvalue weighted by atomic mass is 19.1. The summed E-state index contributed by atoms with van der Waals surface area (Å²) in [6, 6.07) is 15.0. The smallest absolute Gasteiger partial charge is 0.165 e. The molecule has 1 aliphatic rings. The first kappa shape index (κ1) is 14.2. The van der Waals surface area contributed by atoms with Crippen molar-refractivity contribution in [2.45, 2.75) is 32.2 Å². The maximum atomic E-state index is 13.8. The molecule has 0 saturated carbocycles. The van der Waals surface area contributed by atoms with Gasteiger partial charge in [-0.2, -0.15) is 0 Å². The summed E-state index contributed by atoms with van der Waals surface area (Å²) < 4.78 is 15.9. The van der Waals surface area contributed by atoms with Crippen LogP contribution in [0.4, 0.5) is 4.39 Å². The number of halogens is 1. The second-order valence-electron chi connectivity index (χ2n) is 6.19. The van der Waals surface area contributed by atoms with Gasteiger partial charge in [-0.15, -0.1) is 0 Å². The van der Waals surface area contributed by atoms with Crippen LogP contribution in [0, 0.1) is 5.82 Å². The van der Waals surface area contributed by atoms with Gasteiger partial charge in [0.05, 0.1) is 0 Å². The van der Waals surface area contributed by atoms with Crippen LogP contribution in [0.5, 0.6) is 0 Å². The molecule has 1 aliphatic carbocycles. The van der Waals surface area contributed by atoms with Gasteiger partial charge in [-0.3, -0.25) is 4.79 Å². The number of carbonyl (C=O) groups is 1. The predicted molar refractivity (Wildman–Crippen MR) is 89.3 cm³/mol. The van der Waals surface area contributed by atoms with Gasteiger partial charge in [0.2, 0.25) is 0 Å². The van der Waals surface area contributed by atoms with Crippen LogP contribution in [0.1, 0.15) is 40.9 Å². The summed E-state index contributed by atoms with van der Waals surface area (Å²) in [6.45, 7) is 0.714. The Morgan fingerprint density at radius 3 is 2.61 bits per heavy atom. The molecule has 0 spiro atoms. The molecule has 23 heavy (non-hydrogen) atoms. The molecule has 1 aromatic heterocycles. The predicted octanol–water partition coefficient (Wildman–Crippen LogP) is 4.74. The first-order chi connectivity index (χ1) is 11.2. The molecule has 3 aromatic rings. The highest BCUT2D eigenvalue weighted by molar-refractivity contribution is 6.09. The Labute approximate surface area is 134 Å². The minimum Gasteiger partial charge on any atom is -0.339 e. The standard InChI is InChI=1S/C20H18FNO/c21-15-10-11-17-16(12-15)20-18(8-4-5-9-19(20)23)22(17)13-14-6-2-1-3-7-14/h1-3,6-7,10-12H,4-5,8-9,13H2. The monoisotopic (exact) mass is 307 g/mol. The van der Waals surface area contributed by atoms with Crippen LogP contribution in [0.2, 0.25) is 0 Å². The molecule has 0 saturated heterocycles. The van der Waals surface area contributed by atoms with Crippen LogP contribution >= 0.6 is 0 Å². The maximum absolute atomic E-state index is 13.8. The second kappa shape index (κ2) is 5.65. The Morgan fingerprint density at radius 1 is 1.00 bits per heavy atom. The fraction of sp³-hybridized carbons (Fsp3) is 0.250. The Bertz CT molecular complexity index is 880. The Balaban J connectivity index is 1.95. The number of ketones is 1. The number of fused-ring (bicyclic) bond motifs is 3. The number of aromatic nitrogens is 1. The number of Topliss-reactive ketones (excluding diaryl/α,β-unsaturated/α-hetero) is 1. The van der Waals surface area contributed by atoms with E-state index in [1.165, 1.54) is 17.7 Å². The van der Waals surface area contributed by atoms with Crippen LogP contribution in [-0.2, 0) is 13.0 Å². The van der Waals surface area contributed by atoms with E-state index in [9.17, 15) is 9.18 Å². The molecule has 1 heterocycles. The molecule has 116 valence electrons. The zero-order valence-electron chi connectivity index (χ0n) is 12.9. The second-order valence-corrected chi connectivity index (χ2v) is 6.19. The minimum atomic E-state index is -0.283. The quantitative estimate of drug-likeness (QED) is 0.627. The van der Waals surface area contributed by atoms with Gasteiger partial charge >= 0.3 is 0 Å². The minimum absolute atomic E-state index is 0.153. The molecule has 2 aromatic carbocycles. The van der Waals surface area contributed by atoms with Gasteiger partial charge in [-0.25, -0.2) is 4.39 Å². The van der Waals surface area contributed by atoms with Crippen molar-refractivity contribution in [3.8, 4) is 0 Å². The van der Waals surface area contributed by atoms with Crippen molar-refractivity contribution in [2.24, 2.45) is 0 Å². The maximum Gasteiger partial charge on any atom is 0.165 e. The van der Waals surface area contributed by atoms with Crippen LogP contribution < -0.4 is 0 Å². The van der Waals surface area contributed by atoms with Crippen LogP contribution in [0.15, 0.2) is 48.5 Å². The van der Waals surface area contributed by atoms with E-state index >= 15 is 0 Å². The zero-order valence-corrected chi connectivity index (χ0v) is 12.9. The van der Waals surface area contributed by atoms with Crippen molar-refractivity contribution >= 4 is 16.7 Å². The molecule has 0 bridgehead atoms. The molecule has 0 unspecified atom stereocenters. The van der Waals surface area contributed by atoms with Gasteiger partial charge < -0.3 is 4.57 Å².